The van der Waals surface area contributed by atoms with Crippen molar-refractivity contribution in [3.05, 3.63) is 58.7 Å². The topological polar surface area (TPSA) is 18.5 Å². The van der Waals surface area contributed by atoms with Crippen LogP contribution in [0.1, 0.15) is 56.4 Å². The molecule has 0 fully saturated rings. The minimum atomic E-state index is -0.639. The zero-order valence-electron chi connectivity index (χ0n) is 16.2. The zero-order valence-corrected chi connectivity index (χ0v) is 16.2. The summed E-state index contributed by atoms with van der Waals surface area (Å²) < 4.78 is 13.3. The fourth-order valence-corrected chi connectivity index (χ4v) is 4.60. The Morgan fingerprint density at radius 1 is 0.840 bits per heavy atom. The Bertz CT molecular complexity index is 847. The van der Waals surface area contributed by atoms with Gasteiger partial charge in [-0.3, -0.25) is 0 Å². The van der Waals surface area contributed by atoms with Gasteiger partial charge in [0.2, 0.25) is 0 Å². The molecule has 2 aromatic rings. The van der Waals surface area contributed by atoms with Crippen LogP contribution in [0.3, 0.4) is 0 Å². The Morgan fingerprint density at radius 2 is 1.52 bits per heavy atom. The number of fused-ring (bicyclic) bond motifs is 2. The molecule has 1 unspecified atom stereocenters. The standard InChI is InChI=1S/C23H28O2/c1-15-11-12-19-20(16(15)2)21(3,4)22(5,6)23(25-19)14-13-17-9-7-8-10-18(17)24-23/h7-12H,13-14H2,1-6H3. The van der Waals surface area contributed by atoms with E-state index >= 15 is 0 Å². The number of ether oxygens (including phenoxy) is 2. The van der Waals surface area contributed by atoms with E-state index in [-0.39, 0.29) is 10.8 Å². The number of rotatable bonds is 0. The number of aryl methyl sites for hydroxylation is 2. The Labute approximate surface area is 151 Å². The lowest BCUT2D eigenvalue weighted by molar-refractivity contribution is -0.234. The number of para-hydroxylation sites is 1. The highest BCUT2D eigenvalue weighted by Crippen LogP contribution is 2.60. The van der Waals surface area contributed by atoms with Crippen molar-refractivity contribution in [3.8, 4) is 11.5 Å². The van der Waals surface area contributed by atoms with Crippen molar-refractivity contribution in [2.75, 3.05) is 0 Å². The van der Waals surface area contributed by atoms with Crippen molar-refractivity contribution in [1.29, 1.82) is 0 Å². The SMILES string of the molecule is Cc1ccc2c(c1C)C(C)(C)C(C)(C)C1(CCc3ccccc3O1)O2. The first-order chi connectivity index (χ1) is 11.7. The first kappa shape index (κ1) is 16.5. The fraction of sp³-hybridized carbons (Fsp3) is 0.478. The second-order valence-electron chi connectivity index (χ2n) is 8.70. The van der Waals surface area contributed by atoms with Gasteiger partial charge < -0.3 is 9.47 Å². The smallest absolute Gasteiger partial charge is 0.257 e. The monoisotopic (exact) mass is 336 g/mol. The Morgan fingerprint density at radius 3 is 2.28 bits per heavy atom. The van der Waals surface area contributed by atoms with Gasteiger partial charge in [0.05, 0.1) is 5.41 Å². The van der Waals surface area contributed by atoms with Gasteiger partial charge in [0, 0.05) is 17.4 Å². The van der Waals surface area contributed by atoms with Gasteiger partial charge in [-0.25, -0.2) is 0 Å². The number of benzene rings is 2. The molecule has 2 aliphatic rings. The molecule has 1 spiro atoms. The lowest BCUT2D eigenvalue weighted by Crippen LogP contribution is -2.65. The highest BCUT2D eigenvalue weighted by Gasteiger charge is 2.62. The molecule has 0 radical (unpaired) electrons. The number of hydrogen-bond donors (Lipinski definition) is 0. The van der Waals surface area contributed by atoms with E-state index in [1.807, 2.05) is 6.07 Å². The van der Waals surface area contributed by atoms with E-state index in [1.54, 1.807) is 0 Å². The highest BCUT2D eigenvalue weighted by molar-refractivity contribution is 5.52. The molecule has 0 N–H and O–H groups in total. The van der Waals surface area contributed by atoms with Gasteiger partial charge in [-0.15, -0.1) is 0 Å². The fourth-order valence-electron chi connectivity index (χ4n) is 4.60. The predicted molar refractivity (Wildman–Crippen MR) is 101 cm³/mol. The molecule has 2 nitrogen and oxygen atoms in total. The van der Waals surface area contributed by atoms with E-state index in [0.29, 0.717) is 0 Å². The average Bonchev–Trinajstić information content (AvgIpc) is 2.56. The molecule has 2 heterocycles. The second kappa shape index (κ2) is 5.03. The van der Waals surface area contributed by atoms with E-state index in [2.05, 4.69) is 71.9 Å². The molecule has 0 saturated heterocycles. The molecule has 0 aliphatic carbocycles. The van der Waals surface area contributed by atoms with Crippen LogP contribution in [0.2, 0.25) is 0 Å². The lowest BCUT2D eigenvalue weighted by atomic mass is 9.56. The van der Waals surface area contributed by atoms with Crippen LogP contribution in [-0.4, -0.2) is 5.79 Å². The maximum Gasteiger partial charge on any atom is 0.257 e. The van der Waals surface area contributed by atoms with Crippen molar-refractivity contribution < 1.29 is 9.47 Å². The minimum Gasteiger partial charge on any atom is -0.451 e. The van der Waals surface area contributed by atoms with Crippen LogP contribution in [0.25, 0.3) is 0 Å². The van der Waals surface area contributed by atoms with Gasteiger partial charge in [0.1, 0.15) is 11.5 Å². The first-order valence-corrected chi connectivity index (χ1v) is 9.26. The third-order valence-corrected chi connectivity index (χ3v) is 7.08. The van der Waals surface area contributed by atoms with Gasteiger partial charge >= 0.3 is 0 Å². The lowest BCUT2D eigenvalue weighted by Gasteiger charge is -2.59. The third kappa shape index (κ3) is 2.03. The maximum absolute atomic E-state index is 6.68. The quantitative estimate of drug-likeness (QED) is 0.612. The van der Waals surface area contributed by atoms with Crippen molar-refractivity contribution in [2.24, 2.45) is 5.41 Å². The summed E-state index contributed by atoms with van der Waals surface area (Å²) in [5.74, 6) is 1.30. The van der Waals surface area contributed by atoms with Gasteiger partial charge in [-0.2, -0.15) is 0 Å². The molecule has 132 valence electrons. The van der Waals surface area contributed by atoms with Crippen LogP contribution in [-0.2, 0) is 11.8 Å². The summed E-state index contributed by atoms with van der Waals surface area (Å²) >= 11 is 0. The Kier molecular flexibility index (Phi) is 3.32. The van der Waals surface area contributed by atoms with Crippen molar-refractivity contribution >= 4 is 0 Å². The van der Waals surface area contributed by atoms with E-state index in [0.717, 1.165) is 24.3 Å². The minimum absolute atomic E-state index is 0.0665. The van der Waals surface area contributed by atoms with Crippen LogP contribution in [0.15, 0.2) is 36.4 Å². The molecule has 0 bridgehead atoms. The van der Waals surface area contributed by atoms with E-state index in [4.69, 9.17) is 9.47 Å². The maximum atomic E-state index is 6.68. The van der Waals surface area contributed by atoms with Gasteiger partial charge in [0.15, 0.2) is 0 Å². The van der Waals surface area contributed by atoms with Gasteiger partial charge in [-0.05, 0) is 49.1 Å². The largest absolute Gasteiger partial charge is 0.451 e. The molecule has 0 amide bonds. The summed E-state index contributed by atoms with van der Waals surface area (Å²) in [7, 11) is 0. The molecule has 2 heteroatoms. The molecule has 25 heavy (non-hydrogen) atoms. The van der Waals surface area contributed by atoms with Gasteiger partial charge in [0.25, 0.3) is 5.79 Å². The first-order valence-electron chi connectivity index (χ1n) is 9.26. The molecular weight excluding hydrogens is 308 g/mol. The summed E-state index contributed by atoms with van der Waals surface area (Å²) in [5.41, 5.74) is 5.00. The highest BCUT2D eigenvalue weighted by atomic mass is 16.7. The van der Waals surface area contributed by atoms with Crippen molar-refractivity contribution in [2.45, 2.75) is 65.6 Å². The summed E-state index contributed by atoms with van der Waals surface area (Å²) in [6, 6.07) is 12.6. The van der Waals surface area contributed by atoms with Crippen LogP contribution in [0, 0.1) is 19.3 Å². The zero-order chi connectivity index (χ0) is 18.0. The van der Waals surface area contributed by atoms with Crippen molar-refractivity contribution in [1.82, 2.24) is 0 Å². The summed E-state index contributed by atoms with van der Waals surface area (Å²) in [5, 5.41) is 0. The third-order valence-electron chi connectivity index (χ3n) is 7.08. The molecule has 2 aromatic carbocycles. The molecule has 4 rings (SSSR count). The van der Waals surface area contributed by atoms with Crippen LogP contribution < -0.4 is 9.47 Å². The van der Waals surface area contributed by atoms with E-state index in [9.17, 15) is 0 Å². The predicted octanol–water partition coefficient (Wildman–Crippen LogP) is 5.72. The van der Waals surface area contributed by atoms with Crippen LogP contribution >= 0.6 is 0 Å². The summed E-state index contributed by atoms with van der Waals surface area (Å²) in [4.78, 5) is 0. The molecular formula is C23H28O2. The summed E-state index contributed by atoms with van der Waals surface area (Å²) in [6.07, 6.45) is 1.85. The molecule has 2 aliphatic heterocycles. The summed E-state index contributed by atoms with van der Waals surface area (Å²) in [6.45, 7) is 13.7. The van der Waals surface area contributed by atoms with Gasteiger partial charge in [-0.1, -0.05) is 52.0 Å². The normalized spacial score (nSPS) is 25.5. The molecule has 1 atom stereocenters. The van der Waals surface area contributed by atoms with E-state index < -0.39 is 5.79 Å². The van der Waals surface area contributed by atoms with Crippen LogP contribution in [0.5, 0.6) is 11.5 Å². The Balaban J connectivity index is 1.91. The number of hydrogen-bond acceptors (Lipinski definition) is 2. The van der Waals surface area contributed by atoms with Crippen molar-refractivity contribution in [3.63, 3.8) is 0 Å². The average molecular weight is 336 g/mol. The van der Waals surface area contributed by atoms with Crippen LogP contribution in [0.4, 0.5) is 0 Å². The second-order valence-corrected chi connectivity index (χ2v) is 8.70. The van der Waals surface area contributed by atoms with E-state index in [1.165, 1.54) is 22.3 Å². The Hall–Kier alpha value is -1.96. The molecule has 0 saturated carbocycles. The molecule has 0 aromatic heterocycles.